The van der Waals surface area contributed by atoms with Crippen molar-refractivity contribution in [2.45, 2.75) is 59.6 Å². The number of halogens is 2. The Hall–Kier alpha value is -2.96. The molecule has 2 aromatic carbocycles. The molecule has 7 heteroatoms. The zero-order valence-electron chi connectivity index (χ0n) is 18.0. The van der Waals surface area contributed by atoms with Crippen LogP contribution in [0.4, 0.5) is 13.6 Å². The number of alkyl carbamates (subject to hydrolysis) is 1. The van der Waals surface area contributed by atoms with Crippen LogP contribution >= 0.6 is 0 Å². The monoisotopic (exact) mass is 419 g/mol. The average molecular weight is 419 g/mol. The molecule has 1 unspecified atom stereocenters. The van der Waals surface area contributed by atoms with E-state index in [2.05, 4.69) is 5.32 Å². The van der Waals surface area contributed by atoms with Crippen LogP contribution in [0.3, 0.4) is 0 Å². The summed E-state index contributed by atoms with van der Waals surface area (Å²) in [6.07, 6.45) is -1.39. The standard InChI is InChI=1S/C23H27F2NO4/c1-12-7-8-17(24)14(3)20(12)15-9-13(2)21(25)16(10-15)18(11-19(27)28)26-22(29)30-23(4,5)6/h7-10,18H,11H2,1-6H3,(H,26,29)(H,27,28). The molecule has 1 amide bonds. The van der Waals surface area contributed by atoms with Crippen LogP contribution in [0.5, 0.6) is 0 Å². The first-order valence-corrected chi connectivity index (χ1v) is 9.57. The first kappa shape index (κ1) is 23.3. The molecule has 5 nitrogen and oxygen atoms in total. The number of hydrogen-bond donors (Lipinski definition) is 2. The molecular formula is C23H27F2NO4. The summed E-state index contributed by atoms with van der Waals surface area (Å²) in [7, 11) is 0. The van der Waals surface area contributed by atoms with Crippen molar-refractivity contribution in [2.75, 3.05) is 0 Å². The summed E-state index contributed by atoms with van der Waals surface area (Å²) in [5.74, 6) is -2.24. The van der Waals surface area contributed by atoms with Crippen LogP contribution in [0, 0.1) is 32.4 Å². The van der Waals surface area contributed by atoms with Crippen LogP contribution in [0.2, 0.25) is 0 Å². The number of amides is 1. The van der Waals surface area contributed by atoms with Gasteiger partial charge in [-0.15, -0.1) is 0 Å². The summed E-state index contributed by atoms with van der Waals surface area (Å²) >= 11 is 0. The molecular weight excluding hydrogens is 392 g/mol. The van der Waals surface area contributed by atoms with E-state index in [1.807, 2.05) is 6.92 Å². The third-order valence-corrected chi connectivity index (χ3v) is 4.62. The highest BCUT2D eigenvalue weighted by Crippen LogP contribution is 2.34. The van der Waals surface area contributed by atoms with Gasteiger partial charge in [0.15, 0.2) is 0 Å². The van der Waals surface area contributed by atoms with Crippen LogP contribution in [0.15, 0.2) is 24.3 Å². The number of benzene rings is 2. The van der Waals surface area contributed by atoms with Crippen LogP contribution in [0.1, 0.15) is 55.5 Å². The van der Waals surface area contributed by atoms with Crippen molar-refractivity contribution in [1.29, 1.82) is 0 Å². The molecule has 0 saturated carbocycles. The molecule has 162 valence electrons. The number of carboxylic acids is 1. The molecule has 0 heterocycles. The lowest BCUT2D eigenvalue weighted by molar-refractivity contribution is -0.137. The molecule has 2 aromatic rings. The molecule has 0 radical (unpaired) electrons. The number of rotatable bonds is 5. The zero-order valence-corrected chi connectivity index (χ0v) is 18.0. The Balaban J connectivity index is 2.58. The Morgan fingerprint density at radius 1 is 1.10 bits per heavy atom. The highest BCUT2D eigenvalue weighted by molar-refractivity contribution is 5.75. The van der Waals surface area contributed by atoms with Gasteiger partial charge in [-0.25, -0.2) is 13.6 Å². The van der Waals surface area contributed by atoms with Gasteiger partial charge in [-0.2, -0.15) is 0 Å². The Labute approximate surface area is 175 Å². The van der Waals surface area contributed by atoms with Gasteiger partial charge in [-0.3, -0.25) is 4.79 Å². The van der Waals surface area contributed by atoms with Gasteiger partial charge in [0.1, 0.15) is 17.2 Å². The van der Waals surface area contributed by atoms with Crippen LogP contribution in [-0.4, -0.2) is 22.8 Å². The van der Waals surface area contributed by atoms with Crippen LogP contribution < -0.4 is 5.32 Å². The van der Waals surface area contributed by atoms with E-state index in [1.54, 1.807) is 39.8 Å². The fraction of sp³-hybridized carbons (Fsp3) is 0.391. The molecule has 1 atom stereocenters. The molecule has 0 saturated heterocycles. The summed E-state index contributed by atoms with van der Waals surface area (Å²) in [6.45, 7) is 9.98. The summed E-state index contributed by atoms with van der Waals surface area (Å²) in [4.78, 5) is 23.6. The molecule has 30 heavy (non-hydrogen) atoms. The molecule has 0 spiro atoms. The highest BCUT2D eigenvalue weighted by atomic mass is 19.1. The maximum Gasteiger partial charge on any atom is 0.408 e. The Bertz CT molecular complexity index is 980. The number of carbonyl (C=O) groups excluding carboxylic acids is 1. The van der Waals surface area contributed by atoms with Gasteiger partial charge in [0, 0.05) is 5.56 Å². The van der Waals surface area contributed by atoms with E-state index >= 15 is 4.39 Å². The second-order valence-electron chi connectivity index (χ2n) is 8.36. The lowest BCUT2D eigenvalue weighted by atomic mass is 9.90. The van der Waals surface area contributed by atoms with Crippen LogP contribution in [0.25, 0.3) is 11.1 Å². The topological polar surface area (TPSA) is 75.6 Å². The average Bonchev–Trinajstić information content (AvgIpc) is 2.58. The summed E-state index contributed by atoms with van der Waals surface area (Å²) in [5.41, 5.74) is 1.80. The minimum absolute atomic E-state index is 0.00122. The summed E-state index contributed by atoms with van der Waals surface area (Å²) in [5, 5.41) is 11.8. The number of carbonyl (C=O) groups is 2. The van der Waals surface area contributed by atoms with E-state index in [0.29, 0.717) is 16.7 Å². The smallest absolute Gasteiger partial charge is 0.408 e. The molecule has 2 N–H and O–H groups in total. The molecule has 0 aromatic heterocycles. The number of nitrogens with one attached hydrogen (secondary N) is 1. The van der Waals surface area contributed by atoms with Crippen molar-refractivity contribution in [3.05, 3.63) is 58.2 Å². The predicted octanol–water partition coefficient (Wildman–Crippen LogP) is 5.60. The minimum Gasteiger partial charge on any atom is -0.481 e. The number of ether oxygens (including phenoxy) is 1. The van der Waals surface area contributed by atoms with E-state index in [-0.39, 0.29) is 11.1 Å². The predicted molar refractivity (Wildman–Crippen MR) is 110 cm³/mol. The van der Waals surface area contributed by atoms with Crippen molar-refractivity contribution < 1.29 is 28.2 Å². The number of carboxylic acid groups (broad SMARTS) is 1. The van der Waals surface area contributed by atoms with Gasteiger partial charge in [0.25, 0.3) is 0 Å². The second-order valence-corrected chi connectivity index (χ2v) is 8.36. The van der Waals surface area contributed by atoms with Gasteiger partial charge >= 0.3 is 12.1 Å². The first-order chi connectivity index (χ1) is 13.8. The summed E-state index contributed by atoms with van der Waals surface area (Å²) in [6, 6.07) is 4.87. The Kier molecular flexibility index (Phi) is 6.85. The molecule has 0 bridgehead atoms. The SMILES string of the molecule is Cc1cc(-c2c(C)ccc(F)c2C)cc(C(CC(=O)O)NC(=O)OC(C)(C)C)c1F. The lowest BCUT2D eigenvalue weighted by Crippen LogP contribution is -2.36. The van der Waals surface area contributed by atoms with E-state index in [1.165, 1.54) is 19.1 Å². The Morgan fingerprint density at radius 3 is 2.30 bits per heavy atom. The maximum atomic E-state index is 15.0. The molecule has 0 fully saturated rings. The van der Waals surface area contributed by atoms with Gasteiger partial charge in [0.05, 0.1) is 12.5 Å². The zero-order chi connectivity index (χ0) is 22.8. The van der Waals surface area contributed by atoms with Crippen LogP contribution in [-0.2, 0) is 9.53 Å². The number of hydrogen-bond acceptors (Lipinski definition) is 3. The molecule has 2 rings (SSSR count). The largest absolute Gasteiger partial charge is 0.481 e. The quantitative estimate of drug-likeness (QED) is 0.662. The second kappa shape index (κ2) is 8.81. The van der Waals surface area contributed by atoms with Crippen molar-refractivity contribution in [2.24, 2.45) is 0 Å². The number of aryl methyl sites for hydroxylation is 2. The molecule has 0 aliphatic carbocycles. The fourth-order valence-electron chi connectivity index (χ4n) is 3.32. The third kappa shape index (κ3) is 5.55. The molecule has 0 aliphatic rings. The van der Waals surface area contributed by atoms with Crippen molar-refractivity contribution in [3.63, 3.8) is 0 Å². The first-order valence-electron chi connectivity index (χ1n) is 9.57. The van der Waals surface area contributed by atoms with E-state index < -0.39 is 41.8 Å². The van der Waals surface area contributed by atoms with Gasteiger partial charge in [-0.05, 0) is 87.6 Å². The van der Waals surface area contributed by atoms with E-state index in [9.17, 15) is 19.1 Å². The van der Waals surface area contributed by atoms with Gasteiger partial charge < -0.3 is 15.2 Å². The molecule has 0 aliphatic heterocycles. The minimum atomic E-state index is -1.21. The Morgan fingerprint density at radius 2 is 1.73 bits per heavy atom. The lowest BCUT2D eigenvalue weighted by Gasteiger charge is -2.24. The van der Waals surface area contributed by atoms with Gasteiger partial charge in [0.2, 0.25) is 0 Å². The normalized spacial score (nSPS) is 12.4. The third-order valence-electron chi connectivity index (χ3n) is 4.62. The maximum absolute atomic E-state index is 15.0. The number of aliphatic carboxylic acids is 1. The highest BCUT2D eigenvalue weighted by Gasteiger charge is 2.26. The van der Waals surface area contributed by atoms with Crippen molar-refractivity contribution in [1.82, 2.24) is 5.32 Å². The summed E-state index contributed by atoms with van der Waals surface area (Å²) < 4.78 is 34.4. The fourth-order valence-corrected chi connectivity index (χ4v) is 3.32. The van der Waals surface area contributed by atoms with Crippen molar-refractivity contribution in [3.8, 4) is 11.1 Å². The van der Waals surface area contributed by atoms with E-state index in [0.717, 1.165) is 5.56 Å². The van der Waals surface area contributed by atoms with Gasteiger partial charge in [-0.1, -0.05) is 6.07 Å². The van der Waals surface area contributed by atoms with E-state index in [4.69, 9.17) is 4.74 Å². The van der Waals surface area contributed by atoms with Crippen molar-refractivity contribution >= 4 is 12.1 Å².